The predicted molar refractivity (Wildman–Crippen MR) is 52.6 cm³/mol. The molecule has 1 rings (SSSR count). The van der Waals surface area contributed by atoms with Gasteiger partial charge in [0.1, 0.15) is 0 Å². The van der Waals surface area contributed by atoms with Gasteiger partial charge < -0.3 is 0 Å². The van der Waals surface area contributed by atoms with Crippen LogP contribution in [0.1, 0.15) is 35.9 Å². The van der Waals surface area contributed by atoms with Crippen LogP contribution >= 0.6 is 12.8 Å². The van der Waals surface area contributed by atoms with E-state index in [0.29, 0.717) is 5.56 Å². The Kier molecular flexibility index (Phi) is 3.01. The molecule has 1 nitrogen and oxygen atoms in total. The molecule has 0 saturated heterocycles. The van der Waals surface area contributed by atoms with Gasteiger partial charge in [0, 0.05) is 5.69 Å². The second kappa shape index (κ2) is 3.70. The van der Waals surface area contributed by atoms with Crippen LogP contribution in [-0.4, -0.2) is 3.97 Å². The van der Waals surface area contributed by atoms with Crippen LogP contribution in [0.4, 0.5) is 8.78 Å². The van der Waals surface area contributed by atoms with Crippen LogP contribution in [0.25, 0.3) is 0 Å². The number of nitrogens with zero attached hydrogens (tertiary/aromatic N) is 1. The first-order valence-electron chi connectivity index (χ1n) is 4.18. The summed E-state index contributed by atoms with van der Waals surface area (Å²) in [4.78, 5) is 0. The van der Waals surface area contributed by atoms with Crippen molar-refractivity contribution in [3.63, 3.8) is 0 Å². The summed E-state index contributed by atoms with van der Waals surface area (Å²) < 4.78 is 26.4. The Morgan fingerprint density at radius 3 is 2.15 bits per heavy atom. The van der Waals surface area contributed by atoms with Gasteiger partial charge in [0.2, 0.25) is 0 Å². The van der Waals surface area contributed by atoms with Gasteiger partial charge >= 0.3 is 0 Å². The number of hydrogen-bond acceptors (Lipinski definition) is 1. The fourth-order valence-corrected chi connectivity index (χ4v) is 2.03. The predicted octanol–water partition coefficient (Wildman–Crippen LogP) is 3.30. The van der Waals surface area contributed by atoms with Gasteiger partial charge in [0.25, 0.3) is 6.43 Å². The Balaban J connectivity index is 3.36. The molecule has 0 bridgehead atoms. The average Bonchev–Trinajstić information content (AvgIpc) is 2.24. The summed E-state index contributed by atoms with van der Waals surface area (Å²) in [6.07, 6.45) is -1.68. The van der Waals surface area contributed by atoms with Gasteiger partial charge in [-0.15, -0.1) is 0 Å². The Hall–Kier alpha value is -0.510. The fourth-order valence-electron chi connectivity index (χ4n) is 1.67. The zero-order chi connectivity index (χ0) is 10.2. The molecule has 0 saturated carbocycles. The van der Waals surface area contributed by atoms with E-state index in [0.717, 1.165) is 17.7 Å². The quantitative estimate of drug-likeness (QED) is 0.707. The molecule has 0 aliphatic rings. The Morgan fingerprint density at radius 1 is 1.38 bits per heavy atom. The molecule has 0 atom stereocenters. The topological polar surface area (TPSA) is 4.93 Å². The highest BCUT2D eigenvalue weighted by molar-refractivity contribution is 7.78. The number of aromatic nitrogens is 1. The number of alkyl halides is 2. The lowest BCUT2D eigenvalue weighted by atomic mass is 10.1. The summed E-state index contributed by atoms with van der Waals surface area (Å²) in [6, 6.07) is 0. The highest BCUT2D eigenvalue weighted by Crippen LogP contribution is 2.30. The SMILES string of the molecule is CCc1c(C)c(C(F)F)n(S)c1C. The maximum absolute atomic E-state index is 12.5. The van der Waals surface area contributed by atoms with Gasteiger partial charge in [-0.25, -0.2) is 8.78 Å². The molecule has 0 radical (unpaired) electrons. The fraction of sp³-hybridized carbons (Fsp3) is 0.556. The molecule has 4 heteroatoms. The molecule has 0 aliphatic heterocycles. The van der Waals surface area contributed by atoms with Gasteiger partial charge in [-0.05, 0) is 31.4 Å². The second-order valence-electron chi connectivity index (χ2n) is 3.04. The van der Waals surface area contributed by atoms with Crippen molar-refractivity contribution < 1.29 is 8.78 Å². The molecule has 0 unspecified atom stereocenters. The molecule has 1 aromatic heterocycles. The molecule has 0 aromatic carbocycles. The van der Waals surface area contributed by atoms with E-state index in [1.54, 1.807) is 6.92 Å². The first-order chi connectivity index (χ1) is 6.00. The zero-order valence-electron chi connectivity index (χ0n) is 7.93. The van der Waals surface area contributed by atoms with E-state index in [4.69, 9.17) is 0 Å². The molecule has 0 aliphatic carbocycles. The first kappa shape index (κ1) is 10.6. The van der Waals surface area contributed by atoms with Crippen molar-refractivity contribution in [1.29, 1.82) is 0 Å². The van der Waals surface area contributed by atoms with E-state index < -0.39 is 6.43 Å². The van der Waals surface area contributed by atoms with E-state index >= 15 is 0 Å². The second-order valence-corrected chi connectivity index (χ2v) is 3.44. The van der Waals surface area contributed by atoms with Crippen LogP contribution in [0.2, 0.25) is 0 Å². The minimum Gasteiger partial charge on any atom is -0.289 e. The van der Waals surface area contributed by atoms with Crippen molar-refractivity contribution in [2.24, 2.45) is 0 Å². The molecular weight excluding hydrogens is 192 g/mol. The molecule has 13 heavy (non-hydrogen) atoms. The molecular formula is C9H13F2NS. The van der Waals surface area contributed by atoms with Crippen LogP contribution in [-0.2, 0) is 6.42 Å². The summed E-state index contributed by atoms with van der Waals surface area (Å²) in [5.74, 6) is 0. The van der Waals surface area contributed by atoms with Crippen LogP contribution in [0.3, 0.4) is 0 Å². The summed E-state index contributed by atoms with van der Waals surface area (Å²) in [7, 11) is 0. The summed E-state index contributed by atoms with van der Waals surface area (Å²) in [5, 5.41) is 0. The summed E-state index contributed by atoms with van der Waals surface area (Å²) >= 11 is 4.03. The minimum atomic E-state index is -2.45. The number of thiol groups is 1. The Labute approximate surface area is 82.3 Å². The minimum absolute atomic E-state index is 0.0256. The number of rotatable bonds is 2. The van der Waals surface area contributed by atoms with Crippen LogP contribution in [0, 0.1) is 13.8 Å². The molecule has 0 amide bonds. The van der Waals surface area contributed by atoms with Crippen molar-refractivity contribution >= 4 is 12.8 Å². The largest absolute Gasteiger partial charge is 0.289 e. The van der Waals surface area contributed by atoms with Gasteiger partial charge in [-0.2, -0.15) is 0 Å². The molecule has 1 heterocycles. The molecule has 1 aromatic rings. The molecule has 0 fully saturated rings. The van der Waals surface area contributed by atoms with Gasteiger partial charge in [-0.1, -0.05) is 19.7 Å². The highest BCUT2D eigenvalue weighted by Gasteiger charge is 2.21. The Morgan fingerprint density at radius 2 is 1.92 bits per heavy atom. The molecule has 74 valence electrons. The Bertz CT molecular complexity index is 318. The van der Waals surface area contributed by atoms with Crippen LogP contribution in [0.5, 0.6) is 0 Å². The third-order valence-corrected chi connectivity index (χ3v) is 2.90. The van der Waals surface area contributed by atoms with Gasteiger partial charge in [0.15, 0.2) is 0 Å². The standard InChI is InChI=1S/C9H13F2NS/c1-4-7-5(2)8(9(10)11)12(13)6(7)3/h9,13H,4H2,1-3H3. The summed E-state index contributed by atoms with van der Waals surface area (Å²) in [5.41, 5.74) is 2.49. The van der Waals surface area contributed by atoms with Crippen molar-refractivity contribution in [1.82, 2.24) is 3.97 Å². The normalized spacial score (nSPS) is 11.3. The van der Waals surface area contributed by atoms with Crippen molar-refractivity contribution in [2.45, 2.75) is 33.6 Å². The van der Waals surface area contributed by atoms with Crippen molar-refractivity contribution in [2.75, 3.05) is 0 Å². The number of hydrogen-bond donors (Lipinski definition) is 1. The lowest BCUT2D eigenvalue weighted by Gasteiger charge is -2.02. The zero-order valence-corrected chi connectivity index (χ0v) is 8.83. The van der Waals surface area contributed by atoms with E-state index in [1.807, 2.05) is 13.8 Å². The lowest BCUT2D eigenvalue weighted by Crippen LogP contribution is -1.94. The first-order valence-corrected chi connectivity index (χ1v) is 4.58. The third kappa shape index (κ3) is 1.59. The summed E-state index contributed by atoms with van der Waals surface area (Å²) in [6.45, 7) is 5.49. The van der Waals surface area contributed by atoms with Gasteiger partial charge in [0.05, 0.1) is 5.69 Å². The smallest absolute Gasteiger partial charge is 0.279 e. The van der Waals surface area contributed by atoms with Crippen LogP contribution < -0.4 is 0 Å². The van der Waals surface area contributed by atoms with Gasteiger partial charge in [-0.3, -0.25) is 3.97 Å². The lowest BCUT2D eigenvalue weighted by molar-refractivity contribution is 0.144. The van der Waals surface area contributed by atoms with E-state index in [2.05, 4.69) is 12.8 Å². The molecule has 0 N–H and O–H groups in total. The van der Waals surface area contributed by atoms with E-state index in [1.165, 1.54) is 3.97 Å². The molecule has 0 spiro atoms. The van der Waals surface area contributed by atoms with E-state index in [-0.39, 0.29) is 5.69 Å². The van der Waals surface area contributed by atoms with E-state index in [9.17, 15) is 8.78 Å². The monoisotopic (exact) mass is 205 g/mol. The maximum Gasteiger partial charge on any atom is 0.279 e. The van der Waals surface area contributed by atoms with Crippen molar-refractivity contribution in [3.05, 3.63) is 22.5 Å². The average molecular weight is 205 g/mol. The maximum atomic E-state index is 12.5. The number of halogens is 2. The third-order valence-electron chi connectivity index (χ3n) is 2.38. The van der Waals surface area contributed by atoms with Crippen LogP contribution in [0.15, 0.2) is 0 Å². The van der Waals surface area contributed by atoms with Crippen molar-refractivity contribution in [3.8, 4) is 0 Å². The highest BCUT2D eigenvalue weighted by atomic mass is 32.1.